The minimum absolute atomic E-state index is 0.0603. The molecule has 1 rings (SSSR count). The van der Waals surface area contributed by atoms with Gasteiger partial charge in [0, 0.05) is 18.5 Å². The van der Waals surface area contributed by atoms with Crippen molar-refractivity contribution in [1.82, 2.24) is 5.32 Å². The Morgan fingerprint density at radius 1 is 1.25 bits per heavy atom. The smallest absolute Gasteiger partial charge is 0.319 e. The maximum absolute atomic E-state index is 11.3. The van der Waals surface area contributed by atoms with Gasteiger partial charge >= 0.3 is 6.03 Å². The average Bonchev–Trinajstić information content (AvgIpc) is 2.17. The van der Waals surface area contributed by atoms with Crippen molar-refractivity contribution in [2.45, 2.75) is 0 Å². The third-order valence-electron chi connectivity index (χ3n) is 1.79. The predicted molar refractivity (Wildman–Crippen MR) is 63.2 cm³/mol. The quantitative estimate of drug-likeness (QED) is 0.822. The van der Waals surface area contributed by atoms with Gasteiger partial charge in [-0.05, 0) is 12.1 Å². The molecular weight excluding hydrogens is 228 g/mol. The monoisotopic (exact) mass is 242 g/mol. The average molecular weight is 242 g/mol. The minimum atomic E-state index is -3.04. The first-order valence-electron chi connectivity index (χ1n) is 4.75. The molecule has 88 valence electrons. The number of anilines is 1. The number of nitrogens with one attached hydrogen (secondary N) is 2. The molecule has 16 heavy (non-hydrogen) atoms. The highest BCUT2D eigenvalue weighted by atomic mass is 32.2. The van der Waals surface area contributed by atoms with Crippen molar-refractivity contribution >= 4 is 21.6 Å². The molecular formula is C10H14N2O3S. The molecule has 6 heteroatoms. The highest BCUT2D eigenvalue weighted by Crippen LogP contribution is 2.03. The Morgan fingerprint density at radius 3 is 2.44 bits per heavy atom. The lowest BCUT2D eigenvalue weighted by Gasteiger charge is -2.06. The summed E-state index contributed by atoms with van der Waals surface area (Å²) in [5.41, 5.74) is 0.666. The summed E-state index contributed by atoms with van der Waals surface area (Å²) in [4.78, 5) is 11.3. The number of carbonyl (C=O) groups is 1. The van der Waals surface area contributed by atoms with Crippen LogP contribution in [0.25, 0.3) is 0 Å². The predicted octanol–water partition coefficient (Wildman–Crippen LogP) is 0.853. The van der Waals surface area contributed by atoms with Gasteiger partial charge < -0.3 is 10.6 Å². The Bertz CT molecular complexity index is 442. The van der Waals surface area contributed by atoms with E-state index in [2.05, 4.69) is 10.6 Å². The largest absolute Gasteiger partial charge is 0.337 e. The summed E-state index contributed by atoms with van der Waals surface area (Å²) in [5.74, 6) is -0.0603. The number of amides is 2. The molecule has 2 amide bonds. The maximum atomic E-state index is 11.3. The van der Waals surface area contributed by atoms with Gasteiger partial charge in [-0.2, -0.15) is 0 Å². The number of urea groups is 1. The molecule has 0 unspecified atom stereocenters. The first-order chi connectivity index (χ1) is 7.47. The number of hydrogen-bond acceptors (Lipinski definition) is 3. The molecule has 0 heterocycles. The lowest BCUT2D eigenvalue weighted by Crippen LogP contribution is -2.32. The Hall–Kier alpha value is -1.56. The van der Waals surface area contributed by atoms with E-state index in [1.165, 1.54) is 0 Å². The Morgan fingerprint density at radius 2 is 1.88 bits per heavy atom. The van der Waals surface area contributed by atoms with Crippen LogP contribution in [0.4, 0.5) is 10.5 Å². The fourth-order valence-corrected chi connectivity index (χ4v) is 1.52. The lowest BCUT2D eigenvalue weighted by atomic mass is 10.3. The zero-order valence-electron chi connectivity index (χ0n) is 8.93. The van der Waals surface area contributed by atoms with Crippen molar-refractivity contribution in [1.29, 1.82) is 0 Å². The van der Waals surface area contributed by atoms with E-state index in [0.29, 0.717) is 5.69 Å². The normalized spacial score (nSPS) is 10.8. The molecule has 2 N–H and O–H groups in total. The second-order valence-electron chi connectivity index (χ2n) is 3.38. The molecule has 0 aliphatic rings. The van der Waals surface area contributed by atoms with Crippen molar-refractivity contribution in [3.63, 3.8) is 0 Å². The Labute approximate surface area is 94.8 Å². The van der Waals surface area contributed by atoms with E-state index in [1.54, 1.807) is 24.3 Å². The van der Waals surface area contributed by atoms with Gasteiger partial charge in [-0.15, -0.1) is 0 Å². The van der Waals surface area contributed by atoms with E-state index >= 15 is 0 Å². The third kappa shape index (κ3) is 5.35. The number of para-hydroxylation sites is 1. The SMILES string of the molecule is CS(=O)(=O)CCNC(=O)Nc1ccccc1. The van der Waals surface area contributed by atoms with E-state index in [-0.39, 0.29) is 12.3 Å². The van der Waals surface area contributed by atoms with Gasteiger partial charge in [0.2, 0.25) is 0 Å². The van der Waals surface area contributed by atoms with Crippen LogP contribution in [-0.4, -0.2) is 33.0 Å². The number of benzene rings is 1. The van der Waals surface area contributed by atoms with E-state index in [1.807, 2.05) is 6.07 Å². The van der Waals surface area contributed by atoms with Gasteiger partial charge in [0.05, 0.1) is 5.75 Å². The van der Waals surface area contributed by atoms with Crippen molar-refractivity contribution in [3.8, 4) is 0 Å². The van der Waals surface area contributed by atoms with Crippen LogP contribution in [0.3, 0.4) is 0 Å². The van der Waals surface area contributed by atoms with Gasteiger partial charge in [-0.25, -0.2) is 13.2 Å². The van der Waals surface area contributed by atoms with E-state index < -0.39 is 15.9 Å². The van der Waals surface area contributed by atoms with Crippen molar-refractivity contribution < 1.29 is 13.2 Å². The fourth-order valence-electron chi connectivity index (χ4n) is 1.05. The van der Waals surface area contributed by atoms with Crippen LogP contribution >= 0.6 is 0 Å². The molecule has 0 aromatic heterocycles. The van der Waals surface area contributed by atoms with Gasteiger partial charge in [0.25, 0.3) is 0 Å². The summed E-state index contributed by atoms with van der Waals surface area (Å²) in [5, 5.41) is 5.04. The van der Waals surface area contributed by atoms with Crippen LogP contribution in [0.2, 0.25) is 0 Å². The van der Waals surface area contributed by atoms with E-state index in [0.717, 1.165) is 6.26 Å². The van der Waals surface area contributed by atoms with E-state index in [9.17, 15) is 13.2 Å². The summed E-state index contributed by atoms with van der Waals surface area (Å²) in [6.45, 7) is 0.109. The zero-order valence-corrected chi connectivity index (χ0v) is 9.75. The minimum Gasteiger partial charge on any atom is -0.337 e. The molecule has 1 aromatic carbocycles. The zero-order chi connectivity index (χ0) is 12.0. The molecule has 0 saturated heterocycles. The van der Waals surface area contributed by atoms with Gasteiger partial charge in [0.1, 0.15) is 9.84 Å². The topological polar surface area (TPSA) is 75.3 Å². The molecule has 0 saturated carbocycles. The van der Waals surface area contributed by atoms with Crippen molar-refractivity contribution in [2.24, 2.45) is 0 Å². The molecule has 5 nitrogen and oxygen atoms in total. The van der Waals surface area contributed by atoms with Gasteiger partial charge in [0.15, 0.2) is 0 Å². The van der Waals surface area contributed by atoms with Crippen LogP contribution in [0, 0.1) is 0 Å². The molecule has 0 bridgehead atoms. The molecule has 0 aliphatic carbocycles. The third-order valence-corrected chi connectivity index (χ3v) is 2.74. The van der Waals surface area contributed by atoms with Crippen LogP contribution in [-0.2, 0) is 9.84 Å². The van der Waals surface area contributed by atoms with Crippen LogP contribution in [0.15, 0.2) is 30.3 Å². The number of sulfone groups is 1. The fraction of sp³-hybridized carbons (Fsp3) is 0.300. The molecule has 0 aliphatic heterocycles. The van der Waals surface area contributed by atoms with Crippen LogP contribution < -0.4 is 10.6 Å². The number of rotatable bonds is 4. The summed E-state index contributed by atoms with van der Waals surface area (Å²) in [6, 6.07) is 8.52. The van der Waals surface area contributed by atoms with E-state index in [4.69, 9.17) is 0 Å². The lowest BCUT2D eigenvalue weighted by molar-refractivity contribution is 0.252. The highest BCUT2D eigenvalue weighted by Gasteiger charge is 2.04. The molecule has 0 spiro atoms. The first-order valence-corrected chi connectivity index (χ1v) is 6.81. The molecule has 1 aromatic rings. The van der Waals surface area contributed by atoms with Gasteiger partial charge in [-0.1, -0.05) is 18.2 Å². The maximum Gasteiger partial charge on any atom is 0.319 e. The van der Waals surface area contributed by atoms with Crippen molar-refractivity contribution in [3.05, 3.63) is 30.3 Å². The summed E-state index contributed by atoms with van der Waals surface area (Å²) in [6.07, 6.45) is 1.13. The van der Waals surface area contributed by atoms with Crippen molar-refractivity contribution in [2.75, 3.05) is 23.9 Å². The number of hydrogen-bond donors (Lipinski definition) is 2. The van der Waals surface area contributed by atoms with Gasteiger partial charge in [-0.3, -0.25) is 0 Å². The summed E-state index contributed by atoms with van der Waals surface area (Å²) < 4.78 is 21.6. The second-order valence-corrected chi connectivity index (χ2v) is 5.64. The Kier molecular flexibility index (Phi) is 4.30. The molecule has 0 atom stereocenters. The highest BCUT2D eigenvalue weighted by molar-refractivity contribution is 7.90. The summed E-state index contributed by atoms with van der Waals surface area (Å²) in [7, 11) is -3.04. The standard InChI is InChI=1S/C10H14N2O3S/c1-16(14,15)8-7-11-10(13)12-9-5-3-2-4-6-9/h2-6H,7-8H2,1H3,(H2,11,12,13). The van der Waals surface area contributed by atoms with Crippen LogP contribution in [0.5, 0.6) is 0 Å². The molecule has 0 radical (unpaired) electrons. The second kappa shape index (κ2) is 5.50. The Balaban J connectivity index is 2.32. The number of carbonyl (C=O) groups excluding carboxylic acids is 1. The first kappa shape index (κ1) is 12.5. The molecule has 0 fully saturated rings. The van der Waals surface area contributed by atoms with Crippen LogP contribution in [0.1, 0.15) is 0 Å². The summed E-state index contributed by atoms with van der Waals surface area (Å²) >= 11 is 0.